The molecule has 32 heavy (non-hydrogen) atoms. The van der Waals surface area contributed by atoms with Crippen LogP contribution < -0.4 is 4.90 Å². The molecule has 0 aliphatic carbocycles. The fraction of sp³-hybridized carbons (Fsp3) is 0.333. The molecule has 0 radical (unpaired) electrons. The van der Waals surface area contributed by atoms with Gasteiger partial charge < -0.3 is 10.0 Å². The molecule has 2 aromatic carbocycles. The van der Waals surface area contributed by atoms with Gasteiger partial charge in [0.1, 0.15) is 5.82 Å². The number of aliphatic carboxylic acids is 1. The molecule has 3 aromatic rings. The standard InChI is InChI=1S/C27H31ClN2O2/c1-4-23(17-27(31)32)25-15-22(14-20-10-12-24(28)13-11-20)16-26(29-25)30(19(2)3)18-21-8-6-5-7-9-21/h5-13,15-16,19,23H,4,14,17-18H2,1-3H3,(H,31,32). The van der Waals surface area contributed by atoms with Crippen molar-refractivity contribution in [3.05, 3.63) is 94.1 Å². The second-order valence-electron chi connectivity index (χ2n) is 8.47. The Balaban J connectivity index is 2.02. The first-order valence-electron chi connectivity index (χ1n) is 11.1. The molecule has 1 heterocycles. The molecular weight excluding hydrogens is 420 g/mol. The summed E-state index contributed by atoms with van der Waals surface area (Å²) in [6.45, 7) is 7.07. The molecule has 1 N–H and O–H groups in total. The number of benzene rings is 2. The lowest BCUT2D eigenvalue weighted by Gasteiger charge is -2.29. The lowest BCUT2D eigenvalue weighted by Crippen LogP contribution is -2.31. The number of carbonyl (C=O) groups is 1. The van der Waals surface area contributed by atoms with E-state index in [1.165, 1.54) is 5.56 Å². The lowest BCUT2D eigenvalue weighted by molar-refractivity contribution is -0.137. The molecular formula is C27H31ClN2O2. The molecule has 0 aliphatic heterocycles. The Morgan fingerprint density at radius 3 is 2.28 bits per heavy atom. The highest BCUT2D eigenvalue weighted by Gasteiger charge is 2.20. The summed E-state index contributed by atoms with van der Waals surface area (Å²) in [7, 11) is 0. The topological polar surface area (TPSA) is 53.4 Å². The number of hydrogen-bond acceptors (Lipinski definition) is 3. The monoisotopic (exact) mass is 450 g/mol. The minimum atomic E-state index is -0.798. The van der Waals surface area contributed by atoms with Crippen molar-refractivity contribution in [3.8, 4) is 0 Å². The van der Waals surface area contributed by atoms with Crippen LogP contribution in [0, 0.1) is 0 Å². The molecule has 0 bridgehead atoms. The third kappa shape index (κ3) is 6.57. The average molecular weight is 451 g/mol. The highest BCUT2D eigenvalue weighted by atomic mass is 35.5. The Bertz CT molecular complexity index is 1020. The quantitative estimate of drug-likeness (QED) is 0.373. The predicted octanol–water partition coefficient (Wildman–Crippen LogP) is 6.71. The Hall–Kier alpha value is -2.85. The molecule has 0 saturated carbocycles. The van der Waals surface area contributed by atoms with E-state index in [0.717, 1.165) is 42.0 Å². The number of pyridine rings is 1. The number of hydrogen-bond donors (Lipinski definition) is 1. The molecule has 1 aromatic heterocycles. The maximum atomic E-state index is 11.5. The Labute approximate surface area is 195 Å². The van der Waals surface area contributed by atoms with Crippen LogP contribution in [0.4, 0.5) is 5.82 Å². The highest BCUT2D eigenvalue weighted by molar-refractivity contribution is 6.30. The lowest BCUT2D eigenvalue weighted by atomic mass is 9.95. The SMILES string of the molecule is CCC(CC(=O)O)c1cc(Cc2ccc(Cl)cc2)cc(N(Cc2ccccc2)C(C)C)n1. The van der Waals surface area contributed by atoms with E-state index in [9.17, 15) is 9.90 Å². The zero-order valence-electron chi connectivity index (χ0n) is 19.0. The van der Waals surface area contributed by atoms with Gasteiger partial charge in [-0.15, -0.1) is 0 Å². The number of nitrogens with zero attached hydrogens (tertiary/aromatic N) is 2. The van der Waals surface area contributed by atoms with Gasteiger partial charge in [0.05, 0.1) is 6.42 Å². The molecule has 5 heteroatoms. The van der Waals surface area contributed by atoms with E-state index in [0.29, 0.717) is 5.02 Å². The number of carboxylic acid groups (broad SMARTS) is 1. The van der Waals surface area contributed by atoms with E-state index >= 15 is 0 Å². The normalized spacial score (nSPS) is 12.0. The third-order valence-electron chi connectivity index (χ3n) is 5.66. The van der Waals surface area contributed by atoms with E-state index in [4.69, 9.17) is 16.6 Å². The van der Waals surface area contributed by atoms with E-state index < -0.39 is 5.97 Å². The van der Waals surface area contributed by atoms with Crippen molar-refractivity contribution < 1.29 is 9.90 Å². The van der Waals surface area contributed by atoms with Crippen LogP contribution in [0.1, 0.15) is 61.9 Å². The van der Waals surface area contributed by atoms with Crippen LogP contribution >= 0.6 is 11.6 Å². The Morgan fingerprint density at radius 1 is 1.00 bits per heavy atom. The van der Waals surface area contributed by atoms with E-state index in [1.54, 1.807) is 0 Å². The Kier molecular flexibility index (Phi) is 8.29. The number of anilines is 1. The van der Waals surface area contributed by atoms with Crippen molar-refractivity contribution in [1.82, 2.24) is 4.98 Å². The molecule has 0 aliphatic rings. The van der Waals surface area contributed by atoms with Gasteiger partial charge in [-0.3, -0.25) is 4.79 Å². The van der Waals surface area contributed by atoms with E-state index in [1.807, 2.05) is 49.4 Å². The first-order chi connectivity index (χ1) is 15.4. The van der Waals surface area contributed by atoms with Crippen molar-refractivity contribution in [2.75, 3.05) is 4.90 Å². The highest BCUT2D eigenvalue weighted by Crippen LogP contribution is 2.28. The maximum absolute atomic E-state index is 11.5. The van der Waals surface area contributed by atoms with Gasteiger partial charge in [0.25, 0.3) is 0 Å². The second kappa shape index (κ2) is 11.1. The van der Waals surface area contributed by atoms with Gasteiger partial charge in [-0.1, -0.05) is 61.0 Å². The zero-order valence-corrected chi connectivity index (χ0v) is 19.7. The third-order valence-corrected chi connectivity index (χ3v) is 5.91. The van der Waals surface area contributed by atoms with Crippen molar-refractivity contribution in [2.45, 2.75) is 58.5 Å². The molecule has 0 fully saturated rings. The van der Waals surface area contributed by atoms with Crippen molar-refractivity contribution in [2.24, 2.45) is 0 Å². The second-order valence-corrected chi connectivity index (χ2v) is 8.91. The van der Waals surface area contributed by atoms with Crippen molar-refractivity contribution >= 4 is 23.4 Å². The molecule has 168 valence electrons. The first-order valence-corrected chi connectivity index (χ1v) is 11.5. The first kappa shape index (κ1) is 23.8. The minimum absolute atomic E-state index is 0.0771. The van der Waals surface area contributed by atoms with E-state index in [-0.39, 0.29) is 18.4 Å². The Morgan fingerprint density at radius 2 is 1.69 bits per heavy atom. The zero-order chi connectivity index (χ0) is 23.1. The molecule has 4 nitrogen and oxygen atoms in total. The molecule has 0 saturated heterocycles. The summed E-state index contributed by atoms with van der Waals surface area (Å²) in [6.07, 6.45) is 1.54. The summed E-state index contributed by atoms with van der Waals surface area (Å²) < 4.78 is 0. The van der Waals surface area contributed by atoms with Crippen molar-refractivity contribution in [3.63, 3.8) is 0 Å². The smallest absolute Gasteiger partial charge is 0.304 e. The van der Waals surface area contributed by atoms with Crippen LogP contribution in [0.15, 0.2) is 66.7 Å². The van der Waals surface area contributed by atoms with Crippen LogP contribution in [0.3, 0.4) is 0 Å². The van der Waals surface area contributed by atoms with Crippen LogP contribution in [0.5, 0.6) is 0 Å². The summed E-state index contributed by atoms with van der Waals surface area (Å²) in [4.78, 5) is 18.7. The van der Waals surface area contributed by atoms with Crippen LogP contribution in [0.25, 0.3) is 0 Å². The summed E-state index contributed by atoms with van der Waals surface area (Å²) in [5, 5.41) is 10.1. The van der Waals surface area contributed by atoms with Gasteiger partial charge in [-0.2, -0.15) is 0 Å². The summed E-state index contributed by atoms with van der Waals surface area (Å²) >= 11 is 6.06. The van der Waals surface area contributed by atoms with Crippen LogP contribution in [0.2, 0.25) is 5.02 Å². The van der Waals surface area contributed by atoms with Gasteiger partial charge in [0.2, 0.25) is 0 Å². The maximum Gasteiger partial charge on any atom is 0.304 e. The summed E-state index contributed by atoms with van der Waals surface area (Å²) in [5.74, 6) is -0.0374. The minimum Gasteiger partial charge on any atom is -0.481 e. The fourth-order valence-corrected chi connectivity index (χ4v) is 3.99. The molecule has 0 amide bonds. The molecule has 1 unspecified atom stereocenters. The largest absolute Gasteiger partial charge is 0.481 e. The van der Waals surface area contributed by atoms with Crippen LogP contribution in [-0.4, -0.2) is 22.1 Å². The summed E-state index contributed by atoms with van der Waals surface area (Å²) in [5.41, 5.74) is 4.33. The molecule has 0 spiro atoms. The molecule has 3 rings (SSSR count). The van der Waals surface area contributed by atoms with E-state index in [2.05, 4.69) is 43.0 Å². The van der Waals surface area contributed by atoms with Crippen LogP contribution in [-0.2, 0) is 17.8 Å². The van der Waals surface area contributed by atoms with Gasteiger partial charge in [0.15, 0.2) is 0 Å². The van der Waals surface area contributed by atoms with Gasteiger partial charge in [-0.25, -0.2) is 4.98 Å². The number of halogens is 1. The number of carboxylic acids is 1. The van der Waals surface area contributed by atoms with Crippen molar-refractivity contribution in [1.29, 1.82) is 0 Å². The van der Waals surface area contributed by atoms with Gasteiger partial charge in [-0.05, 0) is 67.6 Å². The predicted molar refractivity (Wildman–Crippen MR) is 132 cm³/mol. The number of aromatic nitrogens is 1. The number of rotatable bonds is 10. The fourth-order valence-electron chi connectivity index (χ4n) is 3.87. The van der Waals surface area contributed by atoms with Gasteiger partial charge in [0, 0.05) is 29.2 Å². The summed E-state index contributed by atoms with van der Waals surface area (Å²) in [6, 6.07) is 22.6. The van der Waals surface area contributed by atoms with Gasteiger partial charge >= 0.3 is 5.97 Å². The molecule has 1 atom stereocenters. The average Bonchev–Trinajstić information content (AvgIpc) is 2.77.